The number of fused-ring (bicyclic) bond motifs is 2. The van der Waals surface area contributed by atoms with Crippen LogP contribution in [-0.4, -0.2) is 24.1 Å². The molecule has 0 saturated heterocycles. The molecule has 0 spiro atoms. The monoisotopic (exact) mass is 497 g/mol. The van der Waals surface area contributed by atoms with Gasteiger partial charge in [0, 0.05) is 22.7 Å². The predicted octanol–water partition coefficient (Wildman–Crippen LogP) is 6.80. The summed E-state index contributed by atoms with van der Waals surface area (Å²) in [5, 5.41) is 3.66. The molecule has 0 fully saturated rings. The van der Waals surface area contributed by atoms with Crippen LogP contribution in [0.3, 0.4) is 0 Å². The van der Waals surface area contributed by atoms with Crippen LogP contribution in [0.4, 0.5) is 16.4 Å². The Kier molecular flexibility index (Phi) is 6.39. The topological polar surface area (TPSA) is 61.8 Å². The fraction of sp³-hybridized carbons (Fsp3) is 0.300. The molecule has 0 unspecified atom stereocenters. The lowest BCUT2D eigenvalue weighted by atomic mass is 9.72. The van der Waals surface area contributed by atoms with Crippen LogP contribution in [0.25, 0.3) is 0 Å². The largest absolute Gasteiger partial charge is 0.322 e. The highest BCUT2D eigenvalue weighted by Crippen LogP contribution is 2.46. The third-order valence-electron chi connectivity index (χ3n) is 7.15. The molecule has 3 aromatic rings. The number of hydrogen-bond donors (Lipinski definition) is 1. The maximum atomic E-state index is 13.6. The number of nitrogens with one attached hydrogen (secondary N) is 1. The Hall–Kier alpha value is -3.51. The summed E-state index contributed by atoms with van der Waals surface area (Å²) >= 11 is 1.56. The van der Waals surface area contributed by atoms with E-state index in [9.17, 15) is 9.59 Å². The second kappa shape index (κ2) is 9.51. The molecule has 6 heteroatoms. The lowest BCUT2D eigenvalue weighted by Gasteiger charge is -2.33. The van der Waals surface area contributed by atoms with Crippen molar-refractivity contribution in [3.05, 3.63) is 88.8 Å². The van der Waals surface area contributed by atoms with E-state index in [1.165, 1.54) is 4.88 Å². The zero-order chi connectivity index (χ0) is 25.4. The fourth-order valence-corrected chi connectivity index (χ4v) is 6.42. The summed E-state index contributed by atoms with van der Waals surface area (Å²) in [7, 11) is 0. The van der Waals surface area contributed by atoms with Crippen LogP contribution in [0.2, 0.25) is 0 Å². The fourth-order valence-electron chi connectivity index (χ4n) is 5.12. The molecule has 36 heavy (non-hydrogen) atoms. The van der Waals surface area contributed by atoms with Crippen molar-refractivity contribution in [2.45, 2.75) is 40.0 Å². The number of anilines is 2. The van der Waals surface area contributed by atoms with Crippen molar-refractivity contribution in [3.8, 4) is 0 Å². The Morgan fingerprint density at radius 3 is 2.61 bits per heavy atom. The first kappa shape index (κ1) is 24.2. The molecule has 0 radical (unpaired) electrons. The molecule has 0 saturated carbocycles. The summed E-state index contributed by atoms with van der Waals surface area (Å²) in [6.07, 6.45) is 4.51. The summed E-state index contributed by atoms with van der Waals surface area (Å²) < 4.78 is 0. The van der Waals surface area contributed by atoms with Crippen LogP contribution in [0.5, 0.6) is 0 Å². The molecule has 5 nitrogen and oxygen atoms in total. The molecule has 2 amide bonds. The minimum Gasteiger partial charge on any atom is -0.322 e. The number of thiophene rings is 1. The molecule has 2 aromatic carbocycles. The zero-order valence-corrected chi connectivity index (χ0v) is 21.8. The third kappa shape index (κ3) is 4.42. The first-order valence-corrected chi connectivity index (χ1v) is 13.2. The highest BCUT2D eigenvalue weighted by Gasteiger charge is 2.36. The molecule has 1 aliphatic carbocycles. The Morgan fingerprint density at radius 2 is 1.89 bits per heavy atom. The molecule has 184 valence electrons. The highest BCUT2D eigenvalue weighted by atomic mass is 32.1. The number of amides is 2. The van der Waals surface area contributed by atoms with Crippen LogP contribution in [0, 0.1) is 11.3 Å². The van der Waals surface area contributed by atoms with Crippen molar-refractivity contribution in [2.24, 2.45) is 16.3 Å². The van der Waals surface area contributed by atoms with Gasteiger partial charge in [-0.1, -0.05) is 63.2 Å². The van der Waals surface area contributed by atoms with Crippen LogP contribution in [0.1, 0.15) is 53.6 Å². The maximum Gasteiger partial charge on any atom is 0.277 e. The molecule has 2 heterocycles. The van der Waals surface area contributed by atoms with Crippen LogP contribution < -0.4 is 10.2 Å². The van der Waals surface area contributed by atoms with Gasteiger partial charge in [0.25, 0.3) is 11.8 Å². The molecule has 1 aromatic heterocycles. The molecule has 0 bridgehead atoms. The van der Waals surface area contributed by atoms with Gasteiger partial charge in [-0.05, 0) is 54.4 Å². The van der Waals surface area contributed by atoms with Gasteiger partial charge >= 0.3 is 0 Å². The number of para-hydroxylation sites is 2. The van der Waals surface area contributed by atoms with Crippen LogP contribution >= 0.6 is 11.3 Å². The maximum absolute atomic E-state index is 13.6. The quantitative estimate of drug-likeness (QED) is 0.394. The van der Waals surface area contributed by atoms with Crippen molar-refractivity contribution in [1.29, 1.82) is 0 Å². The Balaban J connectivity index is 1.61. The average Bonchev–Trinajstić information content (AvgIpc) is 3.35. The number of rotatable bonds is 5. The minimum atomic E-state index is -0.172. The van der Waals surface area contributed by atoms with Crippen LogP contribution in [-0.2, 0) is 17.6 Å². The van der Waals surface area contributed by atoms with Gasteiger partial charge in [0.1, 0.15) is 10.7 Å². The zero-order valence-electron chi connectivity index (χ0n) is 21.0. The molecule has 1 atom stereocenters. The van der Waals surface area contributed by atoms with Crippen molar-refractivity contribution in [3.63, 3.8) is 0 Å². The van der Waals surface area contributed by atoms with Gasteiger partial charge < -0.3 is 10.2 Å². The van der Waals surface area contributed by atoms with E-state index in [-0.39, 0.29) is 17.2 Å². The number of carbonyl (C=O) groups is 2. The number of hydrogen-bond acceptors (Lipinski definition) is 4. The minimum absolute atomic E-state index is 0.163. The summed E-state index contributed by atoms with van der Waals surface area (Å²) in [5.41, 5.74) is 4.60. The molecule has 5 rings (SSSR count). The van der Waals surface area contributed by atoms with Crippen molar-refractivity contribution < 1.29 is 9.59 Å². The van der Waals surface area contributed by atoms with Crippen molar-refractivity contribution >= 4 is 45.2 Å². The average molecular weight is 498 g/mol. The number of aliphatic imine (C=N–C) groups is 1. The van der Waals surface area contributed by atoms with Gasteiger partial charge in [-0.25, -0.2) is 4.99 Å². The SMILES string of the molecule is C=CCN1C(=O)C(=Nc2sc3c(c2C(=O)Nc2ccccc2)CC[C@@H](C(C)(C)C)C3)c2ccccc21. The van der Waals surface area contributed by atoms with E-state index in [4.69, 9.17) is 4.99 Å². The van der Waals surface area contributed by atoms with Crippen molar-refractivity contribution in [1.82, 2.24) is 0 Å². The standard InChI is InChI=1S/C30H31N3O2S/c1-5-17-33-23-14-10-9-13-21(23)26(29(33)35)32-28-25(27(34)31-20-11-7-6-8-12-20)22-16-15-19(30(2,3)4)18-24(22)36-28/h5-14,19H,1,15-18H2,2-4H3,(H,31,34)/t19-/m1/s1. The van der Waals surface area contributed by atoms with Gasteiger partial charge in [0.2, 0.25) is 0 Å². The van der Waals surface area contributed by atoms with E-state index in [2.05, 4.69) is 32.7 Å². The van der Waals surface area contributed by atoms with Gasteiger partial charge in [-0.15, -0.1) is 17.9 Å². The van der Waals surface area contributed by atoms with Gasteiger partial charge in [-0.3, -0.25) is 9.59 Å². The molecule has 1 N–H and O–H groups in total. The summed E-state index contributed by atoms with van der Waals surface area (Å²) in [4.78, 5) is 34.9. The lowest BCUT2D eigenvalue weighted by Crippen LogP contribution is -2.30. The van der Waals surface area contributed by atoms with Crippen LogP contribution in [0.15, 0.2) is 72.2 Å². The van der Waals surface area contributed by atoms with E-state index < -0.39 is 0 Å². The number of benzene rings is 2. The van der Waals surface area contributed by atoms with E-state index in [1.54, 1.807) is 22.3 Å². The lowest BCUT2D eigenvalue weighted by molar-refractivity contribution is -0.112. The summed E-state index contributed by atoms with van der Waals surface area (Å²) in [5.74, 6) is 0.199. The summed E-state index contributed by atoms with van der Waals surface area (Å²) in [6.45, 7) is 11.1. The number of carbonyl (C=O) groups excluding carboxylic acids is 2. The van der Waals surface area contributed by atoms with E-state index in [0.717, 1.165) is 41.8 Å². The first-order chi connectivity index (χ1) is 17.3. The second-order valence-electron chi connectivity index (χ2n) is 10.5. The van der Waals surface area contributed by atoms with E-state index in [1.807, 2.05) is 54.6 Å². The highest BCUT2D eigenvalue weighted by molar-refractivity contribution is 7.16. The normalized spacial score (nSPS) is 18.2. The van der Waals surface area contributed by atoms with Crippen molar-refractivity contribution in [2.75, 3.05) is 16.8 Å². The van der Waals surface area contributed by atoms with Gasteiger partial charge in [-0.2, -0.15) is 0 Å². The Bertz CT molecular complexity index is 1360. The Labute approximate surface area is 216 Å². The second-order valence-corrected chi connectivity index (χ2v) is 11.6. The molecular formula is C30H31N3O2S. The van der Waals surface area contributed by atoms with Gasteiger partial charge in [0.15, 0.2) is 0 Å². The molecule has 1 aliphatic heterocycles. The number of nitrogens with zero attached hydrogens (tertiary/aromatic N) is 2. The summed E-state index contributed by atoms with van der Waals surface area (Å²) in [6, 6.07) is 17.1. The molecule has 2 aliphatic rings. The third-order valence-corrected chi connectivity index (χ3v) is 8.30. The van der Waals surface area contributed by atoms with E-state index in [0.29, 0.717) is 28.7 Å². The van der Waals surface area contributed by atoms with Gasteiger partial charge in [0.05, 0.1) is 11.3 Å². The smallest absolute Gasteiger partial charge is 0.277 e. The predicted molar refractivity (Wildman–Crippen MR) is 149 cm³/mol. The molecular weight excluding hydrogens is 466 g/mol. The Morgan fingerprint density at radius 1 is 1.17 bits per heavy atom. The first-order valence-electron chi connectivity index (χ1n) is 12.4. The van der Waals surface area contributed by atoms with E-state index >= 15 is 0 Å².